The molecule has 0 amide bonds. The van der Waals surface area contributed by atoms with Crippen LogP contribution in [0, 0.1) is 5.92 Å². The number of thioether (sulfide) groups is 1. The molecule has 0 spiro atoms. The Kier molecular flexibility index (Phi) is 7.20. The Morgan fingerprint density at radius 2 is 2.14 bits per heavy atom. The van der Waals surface area contributed by atoms with Gasteiger partial charge in [-0.1, -0.05) is 52.0 Å². The molecule has 1 aromatic carbocycles. The van der Waals surface area contributed by atoms with Crippen molar-refractivity contribution in [1.29, 1.82) is 0 Å². The number of carbonyl (C=O) groups excluding carboxylic acids is 1. The van der Waals surface area contributed by atoms with Crippen LogP contribution in [0.15, 0.2) is 39.8 Å². The molecule has 2 aromatic rings. The molecule has 1 aromatic heterocycles. The van der Waals surface area contributed by atoms with Crippen LogP contribution in [0.5, 0.6) is 0 Å². The topological polar surface area (TPSA) is 83.0 Å². The van der Waals surface area contributed by atoms with Crippen LogP contribution in [0.3, 0.4) is 0 Å². The Morgan fingerprint density at radius 1 is 1.39 bits per heavy atom. The van der Waals surface area contributed by atoms with E-state index in [1.54, 1.807) is 6.20 Å². The fourth-order valence-electron chi connectivity index (χ4n) is 3.06. The zero-order valence-corrected chi connectivity index (χ0v) is 18.2. The van der Waals surface area contributed by atoms with Crippen LogP contribution in [0.1, 0.15) is 37.7 Å². The van der Waals surface area contributed by atoms with E-state index in [4.69, 9.17) is 17.3 Å². The summed E-state index contributed by atoms with van der Waals surface area (Å²) in [6.07, 6.45) is 6.05. The quantitative estimate of drug-likeness (QED) is 0.422. The number of halogens is 1. The molecule has 1 atom stereocenters. The third-order valence-corrected chi connectivity index (χ3v) is 6.78. The summed E-state index contributed by atoms with van der Waals surface area (Å²) in [5.74, 6) is -0.648. The average molecular weight is 479 g/mol. The van der Waals surface area contributed by atoms with Gasteiger partial charge in [0.25, 0.3) is 0 Å². The predicted octanol–water partition coefficient (Wildman–Crippen LogP) is 5.47. The van der Waals surface area contributed by atoms with Crippen molar-refractivity contribution in [2.45, 2.75) is 32.1 Å². The van der Waals surface area contributed by atoms with E-state index in [9.17, 15) is 9.59 Å². The molecular formula is C20H19BrN2O3S2. The number of rotatable bonds is 6. The van der Waals surface area contributed by atoms with E-state index >= 15 is 0 Å². The second-order valence-electron chi connectivity index (χ2n) is 6.58. The maximum atomic E-state index is 12.6. The van der Waals surface area contributed by atoms with Crippen LogP contribution in [0.4, 0.5) is 0 Å². The summed E-state index contributed by atoms with van der Waals surface area (Å²) in [6, 6.07) is 7.86. The van der Waals surface area contributed by atoms with E-state index in [0.717, 1.165) is 25.5 Å². The van der Waals surface area contributed by atoms with Gasteiger partial charge in [-0.3, -0.25) is 14.7 Å². The van der Waals surface area contributed by atoms with E-state index in [-0.39, 0.29) is 18.1 Å². The van der Waals surface area contributed by atoms with E-state index in [0.29, 0.717) is 30.6 Å². The minimum absolute atomic E-state index is 0.0658. The first-order chi connectivity index (χ1) is 13.4. The number of Topliss-reactive ketones (excluding diaryl/α,β-unsaturated/α-hetero) is 1. The third kappa shape index (κ3) is 5.40. The molecule has 1 aliphatic heterocycles. The minimum Gasteiger partial charge on any atom is -0.481 e. The summed E-state index contributed by atoms with van der Waals surface area (Å²) in [4.78, 5) is 24.0. The summed E-state index contributed by atoms with van der Waals surface area (Å²) >= 11 is 10.3. The fourth-order valence-corrected chi connectivity index (χ4v) is 4.85. The van der Waals surface area contributed by atoms with E-state index < -0.39 is 5.97 Å². The van der Waals surface area contributed by atoms with Crippen molar-refractivity contribution in [3.05, 3.63) is 45.4 Å². The fraction of sp³-hybridized carbons (Fsp3) is 0.300. The van der Waals surface area contributed by atoms with Crippen molar-refractivity contribution in [3.8, 4) is 11.3 Å². The monoisotopic (exact) mass is 478 g/mol. The molecule has 8 heteroatoms. The molecule has 5 nitrogen and oxygen atoms in total. The lowest BCUT2D eigenvalue weighted by atomic mass is 9.97. The molecule has 146 valence electrons. The van der Waals surface area contributed by atoms with E-state index in [1.807, 2.05) is 30.3 Å². The number of aromatic amines is 1. The van der Waals surface area contributed by atoms with E-state index in [1.165, 1.54) is 11.8 Å². The molecule has 0 bridgehead atoms. The number of aromatic nitrogens is 2. The number of carbonyl (C=O) groups is 2. The van der Waals surface area contributed by atoms with Crippen molar-refractivity contribution in [2.75, 3.05) is 0 Å². The molecule has 1 aliphatic rings. The van der Waals surface area contributed by atoms with Gasteiger partial charge in [0.15, 0.2) is 5.78 Å². The molecule has 3 rings (SSSR count). The number of nitrogens with zero attached hydrogens (tertiary/aromatic N) is 1. The van der Waals surface area contributed by atoms with Crippen LogP contribution < -0.4 is 0 Å². The third-order valence-electron chi connectivity index (χ3n) is 4.57. The number of H-pyrrole nitrogens is 1. The Hall–Kier alpha value is -1.77. The SMILES string of the molecule is O=C(O)CCCC1CCC(=O)/C(=C\c2cn[nH]c2-c2ccc(Br)cc2)SC1=S. The molecule has 1 saturated heterocycles. The molecule has 1 unspecified atom stereocenters. The molecule has 0 radical (unpaired) electrons. The van der Waals surface area contributed by atoms with Gasteiger partial charge in [-0.15, -0.1) is 0 Å². The smallest absolute Gasteiger partial charge is 0.303 e. The molecular weight excluding hydrogens is 460 g/mol. The van der Waals surface area contributed by atoms with Gasteiger partial charge in [-0.25, -0.2) is 0 Å². The molecule has 28 heavy (non-hydrogen) atoms. The first-order valence-corrected chi connectivity index (χ1v) is 10.9. The van der Waals surface area contributed by atoms with Gasteiger partial charge in [-0.05, 0) is 37.5 Å². The standard InChI is InChI=1S/C20H19BrN2O3S2/c21-15-7-4-12(5-8-15)19-14(11-22-23-19)10-17-16(24)9-6-13(20(27)28-17)2-1-3-18(25)26/h4-5,7-8,10-11,13H,1-3,6,9H2,(H,22,23)(H,25,26)/b17-10+. The van der Waals surface area contributed by atoms with Gasteiger partial charge in [0, 0.05) is 34.4 Å². The number of carboxylic acid groups (broad SMARTS) is 1. The highest BCUT2D eigenvalue weighted by atomic mass is 79.9. The first kappa shape index (κ1) is 21.0. The summed E-state index contributed by atoms with van der Waals surface area (Å²) < 4.78 is 1.75. The number of carboxylic acids is 1. The molecule has 0 saturated carbocycles. The number of nitrogens with one attached hydrogen (secondary N) is 1. The summed E-state index contributed by atoms with van der Waals surface area (Å²) in [6.45, 7) is 0. The van der Waals surface area contributed by atoms with Crippen LogP contribution in [-0.4, -0.2) is 31.3 Å². The lowest BCUT2D eigenvalue weighted by Gasteiger charge is -2.13. The van der Waals surface area contributed by atoms with Crippen molar-refractivity contribution in [2.24, 2.45) is 5.92 Å². The zero-order chi connectivity index (χ0) is 20.1. The van der Waals surface area contributed by atoms with Gasteiger partial charge in [0.05, 0.1) is 21.0 Å². The number of ketones is 1. The van der Waals surface area contributed by atoms with Crippen molar-refractivity contribution in [1.82, 2.24) is 10.2 Å². The van der Waals surface area contributed by atoms with Gasteiger partial charge < -0.3 is 5.11 Å². The Morgan fingerprint density at radius 3 is 2.86 bits per heavy atom. The van der Waals surface area contributed by atoms with Gasteiger partial charge in [-0.2, -0.15) is 5.10 Å². The first-order valence-electron chi connectivity index (χ1n) is 8.91. The summed E-state index contributed by atoms with van der Waals surface area (Å²) in [5, 5.41) is 16.0. The van der Waals surface area contributed by atoms with Crippen molar-refractivity contribution >= 4 is 61.9 Å². The maximum absolute atomic E-state index is 12.6. The number of thiocarbonyl (C=S) groups is 1. The normalized spacial score (nSPS) is 19.0. The summed E-state index contributed by atoms with van der Waals surface area (Å²) in [5.41, 5.74) is 2.67. The number of aliphatic carboxylic acids is 1. The lowest BCUT2D eigenvalue weighted by molar-refractivity contribution is -0.137. The predicted molar refractivity (Wildman–Crippen MR) is 119 cm³/mol. The van der Waals surface area contributed by atoms with Gasteiger partial charge in [0.2, 0.25) is 0 Å². The lowest BCUT2D eigenvalue weighted by Crippen LogP contribution is -2.08. The number of benzene rings is 1. The highest BCUT2D eigenvalue weighted by molar-refractivity contribution is 9.10. The second-order valence-corrected chi connectivity index (χ2v) is 9.28. The van der Waals surface area contributed by atoms with Gasteiger partial charge >= 0.3 is 5.97 Å². The van der Waals surface area contributed by atoms with Crippen LogP contribution >= 0.6 is 39.9 Å². The summed E-state index contributed by atoms with van der Waals surface area (Å²) in [7, 11) is 0. The largest absolute Gasteiger partial charge is 0.481 e. The van der Waals surface area contributed by atoms with Crippen molar-refractivity contribution in [3.63, 3.8) is 0 Å². The number of hydrogen-bond donors (Lipinski definition) is 2. The highest BCUT2D eigenvalue weighted by Crippen LogP contribution is 2.36. The van der Waals surface area contributed by atoms with Gasteiger partial charge in [0.1, 0.15) is 0 Å². The minimum atomic E-state index is -0.802. The van der Waals surface area contributed by atoms with Crippen LogP contribution in [0.25, 0.3) is 17.3 Å². The zero-order valence-electron chi connectivity index (χ0n) is 15.0. The molecule has 0 aliphatic carbocycles. The highest BCUT2D eigenvalue weighted by Gasteiger charge is 2.26. The number of allylic oxidation sites excluding steroid dienone is 1. The average Bonchev–Trinajstić information content (AvgIpc) is 3.07. The Bertz CT molecular complexity index is 922. The van der Waals surface area contributed by atoms with Crippen LogP contribution in [0.2, 0.25) is 0 Å². The number of hydrogen-bond acceptors (Lipinski definition) is 5. The molecule has 2 heterocycles. The maximum Gasteiger partial charge on any atom is 0.303 e. The second kappa shape index (κ2) is 9.62. The van der Waals surface area contributed by atoms with Crippen LogP contribution in [-0.2, 0) is 9.59 Å². The molecule has 2 N–H and O–H groups in total. The van der Waals surface area contributed by atoms with Crippen molar-refractivity contribution < 1.29 is 14.7 Å². The van der Waals surface area contributed by atoms with E-state index in [2.05, 4.69) is 26.1 Å². The molecule has 1 fully saturated rings. The Labute approximate surface area is 181 Å². The Balaban J connectivity index is 1.78.